The molecule has 16 heavy (non-hydrogen) atoms. The predicted molar refractivity (Wildman–Crippen MR) is 65.2 cm³/mol. The summed E-state index contributed by atoms with van der Waals surface area (Å²) in [5.41, 5.74) is 5.92. The van der Waals surface area contributed by atoms with E-state index < -0.39 is 0 Å². The first-order valence-corrected chi connectivity index (χ1v) is 5.67. The fourth-order valence-corrected chi connectivity index (χ4v) is 2.32. The SMILES string of the molecule is N=C(N)c1ccc(Sc2ncc[nH]2)cc1Cl. The molecule has 1 heterocycles. The van der Waals surface area contributed by atoms with E-state index in [9.17, 15) is 0 Å². The van der Waals surface area contributed by atoms with Crippen LogP contribution in [0, 0.1) is 5.41 Å². The molecule has 0 radical (unpaired) electrons. The van der Waals surface area contributed by atoms with Gasteiger partial charge >= 0.3 is 0 Å². The van der Waals surface area contributed by atoms with Gasteiger partial charge in [-0.1, -0.05) is 23.4 Å². The van der Waals surface area contributed by atoms with Crippen molar-refractivity contribution in [3.05, 3.63) is 41.2 Å². The Bertz CT molecular complexity index is 510. The van der Waals surface area contributed by atoms with Crippen molar-refractivity contribution in [3.8, 4) is 0 Å². The summed E-state index contributed by atoms with van der Waals surface area (Å²) in [6.07, 6.45) is 3.45. The van der Waals surface area contributed by atoms with Gasteiger partial charge < -0.3 is 10.7 Å². The minimum absolute atomic E-state index is 0.0282. The Morgan fingerprint density at radius 2 is 2.31 bits per heavy atom. The summed E-state index contributed by atoms with van der Waals surface area (Å²) in [6, 6.07) is 5.36. The average Bonchev–Trinajstić information content (AvgIpc) is 2.70. The number of nitrogens with zero attached hydrogens (tertiary/aromatic N) is 1. The Morgan fingerprint density at radius 1 is 1.50 bits per heavy atom. The van der Waals surface area contributed by atoms with Crippen LogP contribution < -0.4 is 5.73 Å². The smallest absolute Gasteiger partial charge is 0.170 e. The maximum Gasteiger partial charge on any atom is 0.170 e. The third kappa shape index (κ3) is 2.37. The van der Waals surface area contributed by atoms with Gasteiger partial charge in [0.05, 0.1) is 5.02 Å². The van der Waals surface area contributed by atoms with Gasteiger partial charge in [-0.05, 0) is 18.2 Å². The number of hydrogen-bond acceptors (Lipinski definition) is 3. The molecule has 0 saturated carbocycles. The summed E-state index contributed by atoms with van der Waals surface area (Å²) in [5.74, 6) is -0.0282. The molecule has 0 amide bonds. The number of nitrogens with two attached hydrogens (primary N) is 1. The average molecular weight is 253 g/mol. The molecule has 0 aliphatic heterocycles. The molecule has 0 bridgehead atoms. The van der Waals surface area contributed by atoms with Crippen molar-refractivity contribution in [1.82, 2.24) is 9.97 Å². The lowest BCUT2D eigenvalue weighted by Gasteiger charge is -2.04. The molecule has 0 aliphatic carbocycles. The molecule has 4 nitrogen and oxygen atoms in total. The van der Waals surface area contributed by atoms with E-state index in [1.165, 1.54) is 11.8 Å². The Morgan fingerprint density at radius 3 is 2.88 bits per heavy atom. The summed E-state index contributed by atoms with van der Waals surface area (Å²) >= 11 is 7.47. The lowest BCUT2D eigenvalue weighted by atomic mass is 10.2. The van der Waals surface area contributed by atoms with Gasteiger partial charge in [0.2, 0.25) is 0 Å². The second kappa shape index (κ2) is 4.59. The highest BCUT2D eigenvalue weighted by Crippen LogP contribution is 2.28. The number of halogens is 1. The molecular weight excluding hydrogens is 244 g/mol. The van der Waals surface area contributed by atoms with Crippen LogP contribution in [0.25, 0.3) is 0 Å². The number of nitrogens with one attached hydrogen (secondary N) is 2. The van der Waals surface area contributed by atoms with E-state index in [1.54, 1.807) is 24.5 Å². The molecule has 2 rings (SSSR count). The number of benzene rings is 1. The molecule has 6 heteroatoms. The molecule has 1 aromatic heterocycles. The van der Waals surface area contributed by atoms with Crippen molar-refractivity contribution in [3.63, 3.8) is 0 Å². The van der Waals surface area contributed by atoms with Crippen molar-refractivity contribution in [1.29, 1.82) is 5.41 Å². The highest BCUT2D eigenvalue weighted by atomic mass is 35.5. The van der Waals surface area contributed by atoms with Gasteiger partial charge in [-0.25, -0.2) is 4.98 Å². The summed E-state index contributed by atoms with van der Waals surface area (Å²) in [6.45, 7) is 0. The van der Waals surface area contributed by atoms with E-state index >= 15 is 0 Å². The molecular formula is C10H9ClN4S. The summed E-state index contributed by atoms with van der Waals surface area (Å²) in [5, 5.41) is 8.58. The van der Waals surface area contributed by atoms with Gasteiger partial charge in [-0.15, -0.1) is 0 Å². The standard InChI is InChI=1S/C10H9ClN4S/c11-8-5-6(1-2-7(8)9(12)13)16-10-14-3-4-15-10/h1-5H,(H3,12,13)(H,14,15). The normalized spacial score (nSPS) is 10.3. The van der Waals surface area contributed by atoms with Crippen LogP contribution in [0.1, 0.15) is 5.56 Å². The largest absolute Gasteiger partial charge is 0.384 e. The molecule has 82 valence electrons. The van der Waals surface area contributed by atoms with Crippen LogP contribution in [-0.2, 0) is 0 Å². The third-order valence-electron chi connectivity index (χ3n) is 1.92. The number of rotatable bonds is 3. The fourth-order valence-electron chi connectivity index (χ4n) is 1.20. The second-order valence-electron chi connectivity index (χ2n) is 3.05. The zero-order chi connectivity index (χ0) is 11.5. The number of imidazole rings is 1. The highest BCUT2D eigenvalue weighted by Gasteiger charge is 2.06. The zero-order valence-corrected chi connectivity index (χ0v) is 9.77. The van der Waals surface area contributed by atoms with Crippen LogP contribution >= 0.6 is 23.4 Å². The summed E-state index contributed by atoms with van der Waals surface area (Å²) in [7, 11) is 0. The van der Waals surface area contributed by atoms with E-state index in [1.807, 2.05) is 6.07 Å². The molecule has 0 atom stereocenters. The lowest BCUT2D eigenvalue weighted by molar-refractivity contribution is 1.06. The van der Waals surface area contributed by atoms with Crippen molar-refractivity contribution >= 4 is 29.2 Å². The summed E-state index contributed by atoms with van der Waals surface area (Å²) in [4.78, 5) is 8.03. The lowest BCUT2D eigenvalue weighted by Crippen LogP contribution is -2.11. The number of hydrogen-bond donors (Lipinski definition) is 3. The van der Waals surface area contributed by atoms with E-state index in [0.29, 0.717) is 10.6 Å². The monoisotopic (exact) mass is 252 g/mol. The number of amidine groups is 1. The Labute approximate surface area is 102 Å². The van der Waals surface area contributed by atoms with Gasteiger partial charge in [0.1, 0.15) is 5.84 Å². The van der Waals surface area contributed by atoms with Crippen LogP contribution in [-0.4, -0.2) is 15.8 Å². The minimum atomic E-state index is -0.0282. The molecule has 4 N–H and O–H groups in total. The molecule has 2 aromatic rings. The first-order chi connectivity index (χ1) is 7.66. The summed E-state index contributed by atoms with van der Waals surface area (Å²) < 4.78 is 0. The Hall–Kier alpha value is -1.46. The van der Waals surface area contributed by atoms with E-state index in [-0.39, 0.29) is 5.84 Å². The van der Waals surface area contributed by atoms with Crippen LogP contribution in [0.2, 0.25) is 5.02 Å². The maximum absolute atomic E-state index is 7.31. The van der Waals surface area contributed by atoms with Gasteiger partial charge in [0, 0.05) is 22.9 Å². The van der Waals surface area contributed by atoms with Gasteiger partial charge in [0.15, 0.2) is 5.16 Å². The van der Waals surface area contributed by atoms with Crippen molar-refractivity contribution in [2.45, 2.75) is 10.1 Å². The Balaban J connectivity index is 2.24. The molecule has 0 unspecified atom stereocenters. The van der Waals surface area contributed by atoms with Crippen molar-refractivity contribution < 1.29 is 0 Å². The maximum atomic E-state index is 7.31. The minimum Gasteiger partial charge on any atom is -0.384 e. The molecule has 0 fully saturated rings. The first-order valence-electron chi connectivity index (χ1n) is 4.48. The number of H-pyrrole nitrogens is 1. The van der Waals surface area contributed by atoms with Crippen molar-refractivity contribution in [2.24, 2.45) is 5.73 Å². The highest BCUT2D eigenvalue weighted by molar-refractivity contribution is 7.99. The molecule has 0 spiro atoms. The zero-order valence-electron chi connectivity index (χ0n) is 8.20. The van der Waals surface area contributed by atoms with Gasteiger partial charge in [-0.3, -0.25) is 5.41 Å². The number of nitrogen functional groups attached to an aromatic ring is 1. The van der Waals surface area contributed by atoms with Crippen LogP contribution in [0.4, 0.5) is 0 Å². The van der Waals surface area contributed by atoms with Gasteiger partial charge in [-0.2, -0.15) is 0 Å². The Kier molecular flexibility index (Phi) is 3.17. The van der Waals surface area contributed by atoms with Crippen LogP contribution in [0.3, 0.4) is 0 Å². The number of aromatic amines is 1. The number of aromatic nitrogens is 2. The van der Waals surface area contributed by atoms with E-state index in [4.69, 9.17) is 22.7 Å². The topological polar surface area (TPSA) is 78.6 Å². The molecule has 1 aromatic carbocycles. The first kappa shape index (κ1) is 11.0. The van der Waals surface area contributed by atoms with Gasteiger partial charge in [0.25, 0.3) is 0 Å². The fraction of sp³-hybridized carbons (Fsp3) is 0. The predicted octanol–water partition coefficient (Wildman–Crippen LogP) is 2.50. The van der Waals surface area contributed by atoms with E-state index in [0.717, 1.165) is 10.1 Å². The van der Waals surface area contributed by atoms with Crippen LogP contribution in [0.5, 0.6) is 0 Å². The quantitative estimate of drug-likeness (QED) is 0.580. The second-order valence-corrected chi connectivity index (χ2v) is 4.52. The van der Waals surface area contributed by atoms with Crippen molar-refractivity contribution in [2.75, 3.05) is 0 Å². The van der Waals surface area contributed by atoms with E-state index in [2.05, 4.69) is 9.97 Å². The molecule has 0 aliphatic rings. The molecule has 0 saturated heterocycles. The van der Waals surface area contributed by atoms with Crippen LogP contribution in [0.15, 0.2) is 40.6 Å². The third-order valence-corrected chi connectivity index (χ3v) is 3.14.